The lowest BCUT2D eigenvalue weighted by Gasteiger charge is -2.16. The molecule has 0 radical (unpaired) electrons. The summed E-state index contributed by atoms with van der Waals surface area (Å²) in [7, 11) is 0. The molecule has 5 aromatic rings. The summed E-state index contributed by atoms with van der Waals surface area (Å²) in [6.45, 7) is 1.17. The molecule has 35 heavy (non-hydrogen) atoms. The number of ether oxygens (including phenoxy) is 2. The van der Waals surface area contributed by atoms with Gasteiger partial charge in [-0.2, -0.15) is 0 Å². The first-order chi connectivity index (χ1) is 17.2. The number of hydrogen-bond acceptors (Lipinski definition) is 6. The molecule has 1 aliphatic heterocycles. The molecule has 6 rings (SSSR count). The molecule has 0 aliphatic carbocycles. The average Bonchev–Trinajstić information content (AvgIpc) is 3.54. The van der Waals surface area contributed by atoms with E-state index in [0.717, 1.165) is 56.9 Å². The van der Waals surface area contributed by atoms with E-state index >= 15 is 0 Å². The van der Waals surface area contributed by atoms with Crippen molar-refractivity contribution in [1.82, 2.24) is 19.5 Å². The van der Waals surface area contributed by atoms with Gasteiger partial charge in [0, 0.05) is 40.8 Å². The van der Waals surface area contributed by atoms with Gasteiger partial charge in [-0.1, -0.05) is 23.7 Å². The Hall–Kier alpha value is -3.68. The van der Waals surface area contributed by atoms with Crippen molar-refractivity contribution in [3.63, 3.8) is 0 Å². The third-order valence-corrected chi connectivity index (χ3v) is 6.51. The Morgan fingerprint density at radius 1 is 1.03 bits per heavy atom. The summed E-state index contributed by atoms with van der Waals surface area (Å²) in [6, 6.07) is 19.8. The van der Waals surface area contributed by atoms with Crippen LogP contribution in [-0.4, -0.2) is 32.2 Å². The summed E-state index contributed by atoms with van der Waals surface area (Å²) in [5, 5.41) is 6.18. The second kappa shape index (κ2) is 9.52. The number of halogens is 1. The molecule has 0 saturated carbocycles. The van der Waals surface area contributed by atoms with Crippen LogP contribution in [0.2, 0.25) is 5.02 Å². The van der Waals surface area contributed by atoms with E-state index in [0.29, 0.717) is 13.2 Å². The average molecular weight is 486 g/mol. The van der Waals surface area contributed by atoms with Crippen molar-refractivity contribution >= 4 is 39.4 Å². The van der Waals surface area contributed by atoms with E-state index in [1.807, 2.05) is 67.0 Å². The van der Waals surface area contributed by atoms with Crippen molar-refractivity contribution in [2.24, 2.45) is 0 Å². The molecule has 3 aromatic heterocycles. The second-order valence-electron chi connectivity index (χ2n) is 8.66. The van der Waals surface area contributed by atoms with Crippen LogP contribution in [0, 0.1) is 0 Å². The van der Waals surface area contributed by atoms with Crippen molar-refractivity contribution in [3.05, 3.63) is 90.0 Å². The fourth-order valence-corrected chi connectivity index (χ4v) is 4.54. The lowest BCUT2D eigenvalue weighted by Crippen LogP contribution is -2.18. The molecule has 0 unspecified atom stereocenters. The minimum atomic E-state index is -0.0384. The predicted molar refractivity (Wildman–Crippen MR) is 137 cm³/mol. The monoisotopic (exact) mass is 485 g/mol. The summed E-state index contributed by atoms with van der Waals surface area (Å²) in [5.41, 5.74) is 2.92. The number of nitrogens with one attached hydrogen (secondary N) is 1. The maximum Gasteiger partial charge on any atom is 0.145 e. The van der Waals surface area contributed by atoms with E-state index in [4.69, 9.17) is 26.1 Å². The Morgan fingerprint density at radius 2 is 1.91 bits per heavy atom. The fraction of sp³-hybridized carbons (Fsp3) is 0.222. The molecule has 1 aliphatic rings. The third kappa shape index (κ3) is 4.78. The highest BCUT2D eigenvalue weighted by Gasteiger charge is 2.28. The molecule has 2 atom stereocenters. The minimum Gasteiger partial charge on any atom is -0.491 e. The normalized spacial score (nSPS) is 17.7. The summed E-state index contributed by atoms with van der Waals surface area (Å²) in [4.78, 5) is 13.2. The lowest BCUT2D eigenvalue weighted by atomic mass is 10.2. The first kappa shape index (κ1) is 21.8. The Labute approximate surface area is 207 Å². The van der Waals surface area contributed by atoms with Crippen molar-refractivity contribution < 1.29 is 9.47 Å². The van der Waals surface area contributed by atoms with Gasteiger partial charge in [-0.05, 0) is 60.9 Å². The quantitative estimate of drug-likeness (QED) is 0.304. The highest BCUT2D eigenvalue weighted by molar-refractivity contribution is 6.30. The Kier molecular flexibility index (Phi) is 5.94. The van der Waals surface area contributed by atoms with Crippen molar-refractivity contribution in [2.45, 2.75) is 31.7 Å². The summed E-state index contributed by atoms with van der Waals surface area (Å²) in [5.74, 6) is 1.60. The van der Waals surface area contributed by atoms with Crippen LogP contribution < -0.4 is 10.1 Å². The number of nitrogens with zero attached hydrogens (tertiary/aromatic N) is 4. The molecule has 2 aromatic carbocycles. The molecule has 0 spiro atoms. The maximum absolute atomic E-state index is 6.27. The van der Waals surface area contributed by atoms with Crippen LogP contribution in [-0.2, 0) is 11.3 Å². The Morgan fingerprint density at radius 3 is 2.83 bits per heavy atom. The van der Waals surface area contributed by atoms with Crippen LogP contribution >= 0.6 is 11.6 Å². The van der Waals surface area contributed by atoms with E-state index in [-0.39, 0.29) is 12.3 Å². The van der Waals surface area contributed by atoms with Gasteiger partial charge in [-0.15, -0.1) is 0 Å². The van der Waals surface area contributed by atoms with Gasteiger partial charge in [0.1, 0.15) is 36.4 Å². The zero-order valence-electron chi connectivity index (χ0n) is 19.0. The van der Waals surface area contributed by atoms with E-state index < -0.39 is 0 Å². The Bertz CT molecular complexity index is 1470. The van der Waals surface area contributed by atoms with Gasteiger partial charge >= 0.3 is 0 Å². The van der Waals surface area contributed by atoms with Crippen LogP contribution in [0.4, 0.5) is 5.82 Å². The van der Waals surface area contributed by atoms with Gasteiger partial charge in [-0.25, -0.2) is 15.0 Å². The zero-order valence-corrected chi connectivity index (χ0v) is 19.7. The topological polar surface area (TPSA) is 74.1 Å². The molecule has 1 N–H and O–H groups in total. The number of anilines is 1. The van der Waals surface area contributed by atoms with E-state index in [1.165, 1.54) is 0 Å². The number of fused-ring (bicyclic) bond motifs is 2. The molecule has 1 saturated heterocycles. The van der Waals surface area contributed by atoms with Gasteiger partial charge in [0.2, 0.25) is 0 Å². The SMILES string of the molecule is Clc1ccc(CNc2ccc3ccc(OC[C@@H]4CC[C@H](n5ccc6cncnc65)O4)cc3n2)cc1. The van der Waals surface area contributed by atoms with Gasteiger partial charge in [0.05, 0.1) is 11.6 Å². The van der Waals surface area contributed by atoms with Crippen LogP contribution in [0.5, 0.6) is 5.75 Å². The maximum atomic E-state index is 6.27. The number of benzene rings is 2. The molecular formula is C27H24ClN5O2. The van der Waals surface area contributed by atoms with Crippen LogP contribution in [0.3, 0.4) is 0 Å². The standard InChI is InChI=1S/C27H24ClN5O2/c28-21-5-1-18(2-6-21)14-30-25-9-4-19-3-7-22(13-24(19)32-25)34-16-23-8-10-26(35-23)33-12-11-20-15-29-17-31-27(20)33/h1-7,9,11-13,15,17,23,26H,8,10,14,16H2,(H,30,32)/t23-,26+/m0/s1. The molecule has 176 valence electrons. The van der Waals surface area contributed by atoms with E-state index in [2.05, 4.69) is 25.9 Å². The minimum absolute atomic E-state index is 0.0234. The number of pyridine rings is 1. The van der Waals surface area contributed by atoms with Crippen molar-refractivity contribution in [2.75, 3.05) is 11.9 Å². The lowest BCUT2D eigenvalue weighted by molar-refractivity contribution is -0.0156. The molecule has 1 fully saturated rings. The highest BCUT2D eigenvalue weighted by Crippen LogP contribution is 2.31. The van der Waals surface area contributed by atoms with Crippen LogP contribution in [0.25, 0.3) is 21.9 Å². The van der Waals surface area contributed by atoms with Crippen molar-refractivity contribution in [3.8, 4) is 5.75 Å². The molecule has 7 nitrogen and oxygen atoms in total. The van der Waals surface area contributed by atoms with Crippen molar-refractivity contribution in [1.29, 1.82) is 0 Å². The molecule has 0 amide bonds. The first-order valence-corrected chi connectivity index (χ1v) is 12.0. The molecule has 0 bridgehead atoms. The highest BCUT2D eigenvalue weighted by atomic mass is 35.5. The molecule has 4 heterocycles. The zero-order chi connectivity index (χ0) is 23.6. The fourth-order valence-electron chi connectivity index (χ4n) is 4.41. The predicted octanol–water partition coefficient (Wildman–Crippen LogP) is 6.00. The second-order valence-corrected chi connectivity index (χ2v) is 9.09. The number of hydrogen-bond donors (Lipinski definition) is 1. The smallest absolute Gasteiger partial charge is 0.145 e. The van der Waals surface area contributed by atoms with Gasteiger partial charge in [-0.3, -0.25) is 0 Å². The molecule has 8 heteroatoms. The summed E-state index contributed by atoms with van der Waals surface area (Å²) >= 11 is 5.97. The van der Waals surface area contributed by atoms with Crippen LogP contribution in [0.15, 0.2) is 79.4 Å². The third-order valence-electron chi connectivity index (χ3n) is 6.26. The Balaban J connectivity index is 1.08. The summed E-state index contributed by atoms with van der Waals surface area (Å²) in [6.07, 6.45) is 7.24. The largest absolute Gasteiger partial charge is 0.491 e. The van der Waals surface area contributed by atoms with Crippen LogP contribution in [0.1, 0.15) is 24.6 Å². The first-order valence-electron chi connectivity index (χ1n) is 11.7. The van der Waals surface area contributed by atoms with Gasteiger partial charge in [0.15, 0.2) is 0 Å². The van der Waals surface area contributed by atoms with Gasteiger partial charge in [0.25, 0.3) is 0 Å². The number of rotatable bonds is 7. The number of aromatic nitrogens is 4. The molecular weight excluding hydrogens is 462 g/mol. The van der Waals surface area contributed by atoms with E-state index in [9.17, 15) is 0 Å². The van der Waals surface area contributed by atoms with E-state index in [1.54, 1.807) is 6.33 Å². The van der Waals surface area contributed by atoms with Gasteiger partial charge < -0.3 is 19.4 Å². The summed E-state index contributed by atoms with van der Waals surface area (Å²) < 4.78 is 14.4.